The van der Waals surface area contributed by atoms with Gasteiger partial charge in [-0.2, -0.15) is 0 Å². The van der Waals surface area contributed by atoms with E-state index in [0.717, 1.165) is 25.7 Å². The van der Waals surface area contributed by atoms with E-state index in [1.807, 2.05) is 0 Å². The Morgan fingerprint density at radius 2 is 0.389 bits per heavy atom. The fourth-order valence-corrected chi connectivity index (χ4v) is 11.4. The van der Waals surface area contributed by atoms with Gasteiger partial charge in [0.25, 0.3) is 0 Å². The van der Waals surface area contributed by atoms with Gasteiger partial charge in [-0.1, -0.05) is 246 Å². The largest absolute Gasteiger partial charge is 0.0616 e. The van der Waals surface area contributed by atoms with Crippen molar-refractivity contribution in [3.05, 3.63) is 253 Å². The SMILES string of the molecule is CCc1ccc(-c2ccccc2-c2cc(-c3ccccc3-c3ccc(CC)cc3)c3ccc4c(-c5ccccc5-c5ccc(CC)cc5)cc(-c5ccccc5-c5ccc(CC)cc5)c5ccc2c3c54)cc1. The first-order valence-electron chi connectivity index (χ1n) is 26.1. The van der Waals surface area contributed by atoms with Crippen LogP contribution in [0.2, 0.25) is 0 Å². The van der Waals surface area contributed by atoms with E-state index < -0.39 is 0 Å². The van der Waals surface area contributed by atoms with Crippen molar-refractivity contribution in [2.24, 2.45) is 0 Å². The highest BCUT2D eigenvalue weighted by Gasteiger charge is 2.25. The zero-order valence-electron chi connectivity index (χ0n) is 41.8. The fraction of sp³-hybridized carbons (Fsp3) is 0.111. The number of hydrogen-bond donors (Lipinski definition) is 0. The summed E-state index contributed by atoms with van der Waals surface area (Å²) in [7, 11) is 0. The van der Waals surface area contributed by atoms with Crippen LogP contribution in [0.5, 0.6) is 0 Å². The van der Waals surface area contributed by atoms with Gasteiger partial charge in [-0.15, -0.1) is 0 Å². The molecule has 0 aliphatic rings. The third-order valence-corrected chi connectivity index (χ3v) is 15.5. The van der Waals surface area contributed by atoms with Gasteiger partial charge in [0.05, 0.1) is 0 Å². The van der Waals surface area contributed by atoms with Gasteiger partial charge in [0.15, 0.2) is 0 Å². The Balaban J connectivity index is 1.23. The predicted octanol–water partition coefficient (Wildman–Crippen LogP) is 20.2. The van der Waals surface area contributed by atoms with Crippen molar-refractivity contribution < 1.29 is 0 Å². The van der Waals surface area contributed by atoms with Crippen LogP contribution in [0, 0.1) is 0 Å². The van der Waals surface area contributed by atoms with Gasteiger partial charge in [-0.3, -0.25) is 0 Å². The van der Waals surface area contributed by atoms with E-state index in [1.54, 1.807) is 0 Å². The second-order valence-corrected chi connectivity index (χ2v) is 19.4. The van der Waals surface area contributed by atoms with Gasteiger partial charge in [-0.05, 0) is 181 Å². The molecule has 0 amide bonds. The summed E-state index contributed by atoms with van der Waals surface area (Å²) in [5.41, 5.74) is 25.1. The van der Waals surface area contributed by atoms with E-state index in [4.69, 9.17) is 0 Å². The molecule has 12 rings (SSSR count). The molecule has 0 saturated heterocycles. The van der Waals surface area contributed by atoms with Crippen LogP contribution in [0.15, 0.2) is 231 Å². The molecular formula is C72H58. The maximum Gasteiger partial charge on any atom is -0.00139 e. The van der Waals surface area contributed by atoms with Gasteiger partial charge in [0.2, 0.25) is 0 Å². The Hall–Kier alpha value is -8.32. The molecule has 346 valence electrons. The molecule has 0 fully saturated rings. The Morgan fingerprint density at radius 1 is 0.194 bits per heavy atom. The van der Waals surface area contributed by atoms with Crippen LogP contribution in [-0.2, 0) is 25.7 Å². The fourth-order valence-electron chi connectivity index (χ4n) is 11.4. The summed E-state index contributed by atoms with van der Waals surface area (Å²) in [6.07, 6.45) is 4.04. The van der Waals surface area contributed by atoms with E-state index in [1.165, 1.54) is 144 Å². The normalized spacial score (nSPS) is 11.6. The van der Waals surface area contributed by atoms with Crippen molar-refractivity contribution in [1.29, 1.82) is 0 Å². The lowest BCUT2D eigenvalue weighted by molar-refractivity contribution is 1.14. The summed E-state index contributed by atoms with van der Waals surface area (Å²) in [4.78, 5) is 0. The molecule has 72 heavy (non-hydrogen) atoms. The third-order valence-electron chi connectivity index (χ3n) is 15.5. The smallest absolute Gasteiger partial charge is 0.00139 e. The van der Waals surface area contributed by atoms with Gasteiger partial charge in [-0.25, -0.2) is 0 Å². The molecule has 0 saturated carbocycles. The zero-order chi connectivity index (χ0) is 48.7. The van der Waals surface area contributed by atoms with Crippen LogP contribution in [0.25, 0.3) is 121 Å². The summed E-state index contributed by atoms with van der Waals surface area (Å²) < 4.78 is 0. The minimum Gasteiger partial charge on any atom is -0.0616 e. The lowest BCUT2D eigenvalue weighted by Crippen LogP contribution is -1.97. The van der Waals surface area contributed by atoms with Crippen molar-refractivity contribution in [2.45, 2.75) is 53.4 Å². The molecule has 0 atom stereocenters. The standard InChI is InChI=1S/C72H58/c1-5-47-25-33-51(34-26-47)55-17-9-13-21-59(55)67-45-68(60-22-14-10-18-56(60)52-35-27-48(6-2)28-36-52)64-43-44-66-70(62-24-16-12-20-58(62)54-39-31-50(8-4)32-40-54)46-69(65-42-41-63(67)71(64)72(65)66)61-23-15-11-19-57(61)53-37-29-49(7-3)30-38-53/h9-46H,5-8H2,1-4H3. The monoisotopic (exact) mass is 922 g/mol. The predicted molar refractivity (Wildman–Crippen MR) is 311 cm³/mol. The number of rotatable bonds is 12. The van der Waals surface area contributed by atoms with Crippen LogP contribution in [0.4, 0.5) is 0 Å². The molecule has 0 heterocycles. The number of hydrogen-bond acceptors (Lipinski definition) is 0. The van der Waals surface area contributed by atoms with E-state index in [0.29, 0.717) is 0 Å². The lowest BCUT2D eigenvalue weighted by atomic mass is 9.79. The van der Waals surface area contributed by atoms with Gasteiger partial charge in [0, 0.05) is 0 Å². The molecule has 0 spiro atoms. The minimum atomic E-state index is 1.01. The minimum absolute atomic E-state index is 1.01. The number of benzene rings is 12. The Labute approximate surface area is 425 Å². The van der Waals surface area contributed by atoms with Gasteiger partial charge in [0.1, 0.15) is 0 Å². The molecule has 0 N–H and O–H groups in total. The summed E-state index contributed by atoms with van der Waals surface area (Å²) in [5.74, 6) is 0. The highest BCUT2D eigenvalue weighted by molar-refractivity contribution is 6.32. The highest BCUT2D eigenvalue weighted by Crippen LogP contribution is 2.52. The van der Waals surface area contributed by atoms with Crippen molar-refractivity contribution in [1.82, 2.24) is 0 Å². The maximum absolute atomic E-state index is 2.51. The van der Waals surface area contributed by atoms with Gasteiger partial charge < -0.3 is 0 Å². The average molecular weight is 923 g/mol. The summed E-state index contributed by atoms with van der Waals surface area (Å²) in [6, 6.07) is 87.7. The first-order valence-corrected chi connectivity index (χ1v) is 26.1. The Kier molecular flexibility index (Phi) is 11.9. The van der Waals surface area contributed by atoms with Crippen LogP contribution in [-0.4, -0.2) is 0 Å². The van der Waals surface area contributed by atoms with Crippen molar-refractivity contribution >= 4 is 32.3 Å². The average Bonchev–Trinajstić information content (AvgIpc) is 3.46. The lowest BCUT2D eigenvalue weighted by Gasteiger charge is -2.24. The summed E-state index contributed by atoms with van der Waals surface area (Å²) in [6.45, 7) is 8.91. The maximum atomic E-state index is 2.51. The molecule has 0 aliphatic carbocycles. The van der Waals surface area contributed by atoms with Crippen molar-refractivity contribution in [3.63, 3.8) is 0 Å². The van der Waals surface area contributed by atoms with Crippen LogP contribution in [0.1, 0.15) is 49.9 Å². The van der Waals surface area contributed by atoms with Crippen LogP contribution >= 0.6 is 0 Å². The topological polar surface area (TPSA) is 0 Å². The van der Waals surface area contributed by atoms with Crippen molar-refractivity contribution in [2.75, 3.05) is 0 Å². The quantitative estimate of drug-likeness (QED) is 0.107. The first-order chi connectivity index (χ1) is 35.5. The molecule has 0 heteroatoms. The molecule has 0 bridgehead atoms. The van der Waals surface area contributed by atoms with E-state index in [9.17, 15) is 0 Å². The molecular weight excluding hydrogens is 865 g/mol. The van der Waals surface area contributed by atoms with Crippen LogP contribution < -0.4 is 0 Å². The van der Waals surface area contributed by atoms with E-state index >= 15 is 0 Å². The molecule has 12 aromatic rings. The molecule has 0 nitrogen and oxygen atoms in total. The summed E-state index contributed by atoms with van der Waals surface area (Å²) >= 11 is 0. The second-order valence-electron chi connectivity index (χ2n) is 19.4. The van der Waals surface area contributed by atoms with E-state index in [-0.39, 0.29) is 0 Å². The zero-order valence-corrected chi connectivity index (χ0v) is 41.8. The number of aryl methyl sites for hydroxylation is 4. The first kappa shape index (κ1) is 44.9. The Morgan fingerprint density at radius 3 is 0.583 bits per heavy atom. The van der Waals surface area contributed by atoms with Crippen LogP contribution in [0.3, 0.4) is 0 Å². The van der Waals surface area contributed by atoms with E-state index in [2.05, 4.69) is 258 Å². The highest BCUT2D eigenvalue weighted by atomic mass is 14.3. The molecule has 0 aromatic heterocycles. The molecule has 0 aliphatic heterocycles. The Bertz CT molecular complexity index is 3400. The van der Waals surface area contributed by atoms with Gasteiger partial charge >= 0.3 is 0 Å². The molecule has 0 radical (unpaired) electrons. The third kappa shape index (κ3) is 7.89. The molecule has 12 aromatic carbocycles. The summed E-state index contributed by atoms with van der Waals surface area (Å²) in [5, 5.41) is 7.60. The molecule has 0 unspecified atom stereocenters. The van der Waals surface area contributed by atoms with Crippen molar-refractivity contribution in [3.8, 4) is 89.0 Å². The second kappa shape index (κ2) is 19.1.